The first-order valence-corrected chi connectivity index (χ1v) is 8.71. The van der Waals surface area contributed by atoms with Crippen LogP contribution in [0.3, 0.4) is 0 Å². The van der Waals surface area contributed by atoms with Crippen LogP contribution < -0.4 is 9.47 Å². The predicted molar refractivity (Wildman–Crippen MR) is 102 cm³/mol. The summed E-state index contributed by atoms with van der Waals surface area (Å²) >= 11 is 0. The van der Waals surface area contributed by atoms with Gasteiger partial charge in [-0.3, -0.25) is 9.78 Å². The van der Waals surface area contributed by atoms with Gasteiger partial charge in [-0.2, -0.15) is 5.26 Å². The molecular weight excluding hydrogens is 375 g/mol. The maximum absolute atomic E-state index is 14.4. The van der Waals surface area contributed by atoms with Gasteiger partial charge in [-0.1, -0.05) is 12.1 Å². The maximum Gasteiger partial charge on any atom is 0.307 e. The van der Waals surface area contributed by atoms with Gasteiger partial charge in [-0.25, -0.2) is 4.39 Å². The SMILES string of the molecule is Cc1c(CC(=O)O)cccc1Oc1cc(OCc2ccncc2)cc(F)c1C#N. The van der Waals surface area contributed by atoms with Gasteiger partial charge in [0.1, 0.15) is 35.6 Å². The van der Waals surface area contributed by atoms with Crippen LogP contribution in [0.5, 0.6) is 17.2 Å². The molecule has 0 saturated heterocycles. The van der Waals surface area contributed by atoms with Crippen LogP contribution in [0.25, 0.3) is 0 Å². The van der Waals surface area contributed by atoms with Crippen LogP contribution in [0.15, 0.2) is 54.9 Å². The second-order valence-electron chi connectivity index (χ2n) is 6.25. The highest BCUT2D eigenvalue weighted by molar-refractivity contribution is 5.71. The Bertz CT molecular complexity index is 1080. The second-order valence-corrected chi connectivity index (χ2v) is 6.25. The molecule has 3 rings (SSSR count). The average molecular weight is 392 g/mol. The van der Waals surface area contributed by atoms with E-state index in [0.717, 1.165) is 11.6 Å². The van der Waals surface area contributed by atoms with Crippen LogP contribution in [-0.4, -0.2) is 16.1 Å². The third-order valence-corrected chi connectivity index (χ3v) is 4.25. The van der Waals surface area contributed by atoms with Gasteiger partial charge in [0.2, 0.25) is 0 Å². The van der Waals surface area contributed by atoms with Gasteiger partial charge in [0.15, 0.2) is 5.75 Å². The summed E-state index contributed by atoms with van der Waals surface area (Å²) in [6, 6.07) is 12.9. The molecule has 0 radical (unpaired) electrons. The number of nitrogens with zero attached hydrogens (tertiary/aromatic N) is 2. The maximum atomic E-state index is 14.4. The molecule has 2 aromatic carbocycles. The number of pyridine rings is 1. The summed E-state index contributed by atoms with van der Waals surface area (Å²) in [4.78, 5) is 14.9. The molecular formula is C22H17FN2O4. The molecule has 6 nitrogen and oxygen atoms in total. The van der Waals surface area contributed by atoms with E-state index in [1.54, 1.807) is 55.7 Å². The van der Waals surface area contributed by atoms with E-state index in [9.17, 15) is 14.4 Å². The Morgan fingerprint density at radius 2 is 1.97 bits per heavy atom. The summed E-state index contributed by atoms with van der Waals surface area (Å²) in [7, 11) is 0. The number of hydrogen-bond donors (Lipinski definition) is 1. The number of carboxylic acid groups (broad SMARTS) is 1. The van der Waals surface area contributed by atoms with Crippen molar-refractivity contribution in [2.45, 2.75) is 20.0 Å². The van der Waals surface area contributed by atoms with E-state index in [2.05, 4.69) is 4.98 Å². The van der Waals surface area contributed by atoms with Gasteiger partial charge < -0.3 is 14.6 Å². The molecule has 0 bridgehead atoms. The normalized spacial score (nSPS) is 10.2. The lowest BCUT2D eigenvalue weighted by Gasteiger charge is -2.14. The van der Waals surface area contributed by atoms with Gasteiger partial charge in [0.05, 0.1) is 6.42 Å². The zero-order valence-corrected chi connectivity index (χ0v) is 15.6. The van der Waals surface area contributed by atoms with E-state index in [-0.39, 0.29) is 30.1 Å². The van der Waals surface area contributed by atoms with E-state index in [4.69, 9.17) is 14.6 Å². The Kier molecular flexibility index (Phi) is 6.05. The zero-order valence-electron chi connectivity index (χ0n) is 15.6. The molecule has 1 N–H and O–H groups in total. The molecule has 1 aromatic heterocycles. The van der Waals surface area contributed by atoms with Crippen LogP contribution >= 0.6 is 0 Å². The van der Waals surface area contributed by atoms with Gasteiger partial charge in [-0.05, 0) is 41.8 Å². The van der Waals surface area contributed by atoms with Gasteiger partial charge >= 0.3 is 5.97 Å². The molecule has 0 spiro atoms. The summed E-state index contributed by atoms with van der Waals surface area (Å²) in [5.74, 6) is -1.21. The minimum atomic E-state index is -0.972. The summed E-state index contributed by atoms with van der Waals surface area (Å²) in [5, 5.41) is 18.3. The summed E-state index contributed by atoms with van der Waals surface area (Å²) in [6.07, 6.45) is 3.08. The topological polar surface area (TPSA) is 92.4 Å². The molecule has 146 valence electrons. The zero-order chi connectivity index (χ0) is 20.8. The number of halogens is 1. The summed E-state index contributed by atoms with van der Waals surface area (Å²) in [5.41, 5.74) is 1.76. The van der Waals surface area contributed by atoms with E-state index in [0.29, 0.717) is 16.9 Å². The molecule has 29 heavy (non-hydrogen) atoms. The number of ether oxygens (including phenoxy) is 2. The number of benzene rings is 2. The number of hydrogen-bond acceptors (Lipinski definition) is 5. The van der Waals surface area contributed by atoms with Crippen molar-refractivity contribution in [2.75, 3.05) is 0 Å². The van der Waals surface area contributed by atoms with Crippen molar-refractivity contribution >= 4 is 5.97 Å². The molecule has 0 unspecified atom stereocenters. The highest BCUT2D eigenvalue weighted by atomic mass is 19.1. The number of nitriles is 1. The summed E-state index contributed by atoms with van der Waals surface area (Å²) in [6.45, 7) is 1.90. The van der Waals surface area contributed by atoms with E-state index >= 15 is 0 Å². The van der Waals surface area contributed by atoms with Gasteiger partial charge in [0, 0.05) is 24.5 Å². The Hall–Kier alpha value is -3.92. The molecule has 0 aliphatic rings. The third kappa shape index (κ3) is 4.87. The third-order valence-electron chi connectivity index (χ3n) is 4.25. The predicted octanol–water partition coefficient (Wildman–Crippen LogP) is 4.40. The van der Waals surface area contributed by atoms with Crippen LogP contribution in [-0.2, 0) is 17.8 Å². The van der Waals surface area contributed by atoms with Crippen molar-refractivity contribution in [3.8, 4) is 23.3 Å². The lowest BCUT2D eigenvalue weighted by atomic mass is 10.0. The standard InChI is InChI=1S/C22H17FN2O4/c1-14-16(9-22(26)27)3-2-4-20(14)29-21-11-17(10-19(23)18(21)12-24)28-13-15-5-7-25-8-6-15/h2-8,10-11H,9,13H2,1H3,(H,26,27). The van der Waals surface area contributed by atoms with Crippen molar-refractivity contribution < 1.29 is 23.8 Å². The first-order valence-electron chi connectivity index (χ1n) is 8.71. The molecule has 1 heterocycles. The molecule has 0 atom stereocenters. The Morgan fingerprint density at radius 1 is 1.21 bits per heavy atom. The van der Waals surface area contributed by atoms with Crippen LogP contribution in [0, 0.1) is 24.1 Å². The Labute approximate surface area is 166 Å². The van der Waals surface area contributed by atoms with E-state index in [1.807, 2.05) is 0 Å². The monoisotopic (exact) mass is 392 g/mol. The highest BCUT2D eigenvalue weighted by Gasteiger charge is 2.16. The molecule has 0 aliphatic carbocycles. The van der Waals surface area contributed by atoms with Crippen molar-refractivity contribution in [3.63, 3.8) is 0 Å². The van der Waals surface area contributed by atoms with Crippen molar-refractivity contribution in [1.29, 1.82) is 5.26 Å². The second kappa shape index (κ2) is 8.85. The largest absolute Gasteiger partial charge is 0.489 e. The van der Waals surface area contributed by atoms with Crippen molar-refractivity contribution in [1.82, 2.24) is 4.98 Å². The molecule has 0 amide bonds. The number of aliphatic carboxylic acids is 1. The quantitative estimate of drug-likeness (QED) is 0.641. The lowest BCUT2D eigenvalue weighted by molar-refractivity contribution is -0.136. The molecule has 0 fully saturated rings. The van der Waals surface area contributed by atoms with Gasteiger partial charge in [-0.15, -0.1) is 0 Å². The fraction of sp³-hybridized carbons (Fsp3) is 0.136. The number of rotatable bonds is 7. The van der Waals surface area contributed by atoms with Crippen LogP contribution in [0.1, 0.15) is 22.3 Å². The fourth-order valence-corrected chi connectivity index (χ4v) is 2.72. The molecule has 0 aliphatic heterocycles. The molecule has 7 heteroatoms. The number of carboxylic acids is 1. The first-order chi connectivity index (χ1) is 14.0. The van der Waals surface area contributed by atoms with Gasteiger partial charge in [0.25, 0.3) is 0 Å². The number of carbonyl (C=O) groups is 1. The van der Waals surface area contributed by atoms with Crippen LogP contribution in [0.2, 0.25) is 0 Å². The first kappa shape index (κ1) is 19.8. The number of aromatic nitrogens is 1. The fourth-order valence-electron chi connectivity index (χ4n) is 2.72. The minimum Gasteiger partial charge on any atom is -0.489 e. The summed E-state index contributed by atoms with van der Waals surface area (Å²) < 4.78 is 25.8. The average Bonchev–Trinajstić information content (AvgIpc) is 2.70. The smallest absolute Gasteiger partial charge is 0.307 e. The molecule has 0 saturated carbocycles. The Balaban J connectivity index is 1.89. The van der Waals surface area contributed by atoms with Crippen molar-refractivity contribution in [2.24, 2.45) is 0 Å². The Morgan fingerprint density at radius 3 is 2.66 bits per heavy atom. The van der Waals surface area contributed by atoms with E-state index in [1.165, 1.54) is 6.07 Å². The minimum absolute atomic E-state index is 0.00666. The van der Waals surface area contributed by atoms with E-state index < -0.39 is 11.8 Å². The molecule has 3 aromatic rings. The lowest BCUT2D eigenvalue weighted by Crippen LogP contribution is -2.03. The van der Waals surface area contributed by atoms with Crippen LogP contribution in [0.4, 0.5) is 4.39 Å². The highest BCUT2D eigenvalue weighted by Crippen LogP contribution is 2.34. The van der Waals surface area contributed by atoms with Crippen molar-refractivity contribution in [3.05, 3.63) is 82.9 Å².